The van der Waals surface area contributed by atoms with Crippen LogP contribution in [0.5, 0.6) is 0 Å². The number of benzene rings is 1. The molecule has 2 aromatic heterocycles. The van der Waals surface area contributed by atoms with Crippen LogP contribution in [0.2, 0.25) is 0 Å². The Balaban J connectivity index is 1.86. The Morgan fingerprint density at radius 2 is 2.11 bits per heavy atom. The minimum absolute atomic E-state index is 0.644. The second-order valence-corrected chi connectivity index (χ2v) is 4.16. The number of hydrogen-bond acceptors (Lipinski definition) is 4. The molecule has 1 N–H and O–H groups in total. The van der Waals surface area contributed by atoms with E-state index in [1.165, 1.54) is 0 Å². The van der Waals surface area contributed by atoms with Crippen molar-refractivity contribution < 1.29 is 4.52 Å². The summed E-state index contributed by atoms with van der Waals surface area (Å²) in [6.07, 6.45) is 1.80. The molecule has 0 amide bonds. The van der Waals surface area contributed by atoms with Crippen molar-refractivity contribution in [3.63, 3.8) is 0 Å². The minimum atomic E-state index is 0.644. The summed E-state index contributed by atoms with van der Waals surface area (Å²) < 4.78 is 5.04. The van der Waals surface area contributed by atoms with Crippen LogP contribution >= 0.6 is 0 Å². The second-order valence-electron chi connectivity index (χ2n) is 4.16. The molecule has 2 heterocycles. The number of nitrogens with zero attached hydrogens (tertiary/aromatic N) is 2. The molecule has 3 aromatic rings. The first-order valence-electron chi connectivity index (χ1n) is 5.83. The van der Waals surface area contributed by atoms with Gasteiger partial charge in [-0.3, -0.25) is 4.98 Å². The van der Waals surface area contributed by atoms with Gasteiger partial charge in [-0.25, -0.2) is 0 Å². The van der Waals surface area contributed by atoms with Gasteiger partial charge in [0.05, 0.1) is 12.1 Å². The largest absolute Gasteiger partial charge is 0.379 e. The van der Waals surface area contributed by atoms with Crippen molar-refractivity contribution in [1.29, 1.82) is 0 Å². The zero-order valence-corrected chi connectivity index (χ0v) is 10.1. The van der Waals surface area contributed by atoms with Gasteiger partial charge in [-0.05, 0) is 19.1 Å². The zero-order chi connectivity index (χ0) is 12.4. The summed E-state index contributed by atoms with van der Waals surface area (Å²) in [7, 11) is 0. The molecule has 90 valence electrons. The van der Waals surface area contributed by atoms with Gasteiger partial charge in [0.2, 0.25) is 0 Å². The van der Waals surface area contributed by atoms with Crippen molar-refractivity contribution in [1.82, 2.24) is 10.1 Å². The Bertz CT molecular complexity index is 670. The van der Waals surface area contributed by atoms with Gasteiger partial charge in [-0.15, -0.1) is 0 Å². The van der Waals surface area contributed by atoms with Gasteiger partial charge in [0.25, 0.3) is 0 Å². The molecule has 0 bridgehead atoms. The van der Waals surface area contributed by atoms with Gasteiger partial charge < -0.3 is 9.84 Å². The summed E-state index contributed by atoms with van der Waals surface area (Å²) in [4.78, 5) is 4.33. The average Bonchev–Trinajstić information content (AvgIpc) is 2.82. The highest BCUT2D eigenvalue weighted by Gasteiger charge is 2.03. The molecular formula is C14H13N3O. The van der Waals surface area contributed by atoms with Crippen molar-refractivity contribution in [2.24, 2.45) is 0 Å². The second kappa shape index (κ2) is 4.49. The summed E-state index contributed by atoms with van der Waals surface area (Å²) in [6, 6.07) is 11.9. The summed E-state index contributed by atoms with van der Waals surface area (Å²) in [5.41, 5.74) is 2.94. The summed E-state index contributed by atoms with van der Waals surface area (Å²) in [5, 5.41) is 8.42. The minimum Gasteiger partial charge on any atom is -0.379 e. The van der Waals surface area contributed by atoms with Gasteiger partial charge in [-0.2, -0.15) is 0 Å². The molecule has 3 rings (SSSR count). The summed E-state index contributed by atoms with van der Waals surface area (Å²) in [5.74, 6) is 0.825. The van der Waals surface area contributed by atoms with Crippen molar-refractivity contribution in [3.05, 3.63) is 54.0 Å². The molecular weight excluding hydrogens is 226 g/mol. The summed E-state index contributed by atoms with van der Waals surface area (Å²) in [6.45, 7) is 2.53. The number of nitrogens with one attached hydrogen (secondary N) is 1. The van der Waals surface area contributed by atoms with E-state index < -0.39 is 0 Å². The highest BCUT2D eigenvalue weighted by atomic mass is 16.5. The maximum absolute atomic E-state index is 5.04. The number of anilines is 1. The molecule has 4 nitrogen and oxygen atoms in total. The topological polar surface area (TPSA) is 51.0 Å². The van der Waals surface area contributed by atoms with E-state index in [2.05, 4.69) is 21.5 Å². The highest BCUT2D eigenvalue weighted by Crippen LogP contribution is 2.21. The Labute approximate surface area is 105 Å². The Morgan fingerprint density at radius 1 is 1.22 bits per heavy atom. The van der Waals surface area contributed by atoms with E-state index in [0.29, 0.717) is 6.54 Å². The van der Waals surface area contributed by atoms with Crippen LogP contribution in [0.1, 0.15) is 11.5 Å². The third-order valence-corrected chi connectivity index (χ3v) is 2.79. The van der Waals surface area contributed by atoms with E-state index in [-0.39, 0.29) is 0 Å². The molecule has 0 saturated heterocycles. The fourth-order valence-electron chi connectivity index (χ4n) is 1.94. The van der Waals surface area contributed by atoms with Crippen molar-refractivity contribution >= 4 is 16.6 Å². The zero-order valence-electron chi connectivity index (χ0n) is 10.1. The third-order valence-electron chi connectivity index (χ3n) is 2.79. The summed E-state index contributed by atoms with van der Waals surface area (Å²) >= 11 is 0. The fraction of sp³-hybridized carbons (Fsp3) is 0.143. The average molecular weight is 239 g/mol. The Morgan fingerprint density at radius 3 is 2.94 bits per heavy atom. The normalized spacial score (nSPS) is 10.7. The van der Waals surface area contributed by atoms with Crippen LogP contribution in [0.25, 0.3) is 10.9 Å². The fourth-order valence-corrected chi connectivity index (χ4v) is 1.94. The Kier molecular flexibility index (Phi) is 2.68. The van der Waals surface area contributed by atoms with Gasteiger partial charge in [0.15, 0.2) is 0 Å². The maximum atomic E-state index is 5.04. The van der Waals surface area contributed by atoms with Crippen LogP contribution in [0.4, 0.5) is 5.69 Å². The number of fused-ring (bicyclic) bond motifs is 1. The highest BCUT2D eigenvalue weighted by molar-refractivity contribution is 5.90. The predicted molar refractivity (Wildman–Crippen MR) is 70.3 cm³/mol. The number of pyridine rings is 1. The molecule has 0 aliphatic heterocycles. The van der Waals surface area contributed by atoms with Crippen LogP contribution in [0, 0.1) is 6.92 Å². The van der Waals surface area contributed by atoms with Gasteiger partial charge in [0, 0.05) is 23.3 Å². The molecule has 0 fully saturated rings. The lowest BCUT2D eigenvalue weighted by molar-refractivity contribution is 0.391. The molecule has 0 radical (unpaired) electrons. The van der Waals surface area contributed by atoms with Crippen molar-refractivity contribution in [2.75, 3.05) is 5.32 Å². The number of para-hydroxylation sites is 1. The van der Waals surface area contributed by atoms with Crippen molar-refractivity contribution in [3.8, 4) is 0 Å². The van der Waals surface area contributed by atoms with E-state index in [1.54, 1.807) is 6.20 Å². The maximum Gasteiger partial charge on any atom is 0.133 e. The van der Waals surface area contributed by atoms with E-state index in [4.69, 9.17) is 4.52 Å². The number of aryl methyl sites for hydroxylation is 1. The SMILES string of the molecule is Cc1cc(CNc2ccnc3ccccc23)no1. The first-order chi connectivity index (χ1) is 8.83. The molecule has 0 unspecified atom stereocenters. The van der Waals surface area contributed by atoms with E-state index in [0.717, 1.165) is 28.0 Å². The number of rotatable bonds is 3. The first-order valence-corrected chi connectivity index (χ1v) is 5.83. The van der Waals surface area contributed by atoms with E-state index in [9.17, 15) is 0 Å². The van der Waals surface area contributed by atoms with Gasteiger partial charge >= 0.3 is 0 Å². The van der Waals surface area contributed by atoms with Crippen LogP contribution in [0.3, 0.4) is 0 Å². The standard InChI is InChI=1S/C14H13N3O/c1-10-8-11(17-18-10)9-16-14-6-7-15-13-5-3-2-4-12(13)14/h2-8H,9H2,1H3,(H,15,16). The third kappa shape index (κ3) is 2.05. The smallest absolute Gasteiger partial charge is 0.133 e. The van der Waals surface area contributed by atoms with Gasteiger partial charge in [-0.1, -0.05) is 23.4 Å². The number of hydrogen-bond donors (Lipinski definition) is 1. The van der Waals surface area contributed by atoms with E-state index >= 15 is 0 Å². The predicted octanol–water partition coefficient (Wildman–Crippen LogP) is 3.14. The van der Waals surface area contributed by atoms with E-state index in [1.807, 2.05) is 37.3 Å². The lowest BCUT2D eigenvalue weighted by atomic mass is 10.2. The van der Waals surface area contributed by atoms with Crippen LogP contribution in [-0.2, 0) is 6.54 Å². The number of aromatic nitrogens is 2. The molecule has 4 heteroatoms. The molecule has 0 spiro atoms. The molecule has 0 atom stereocenters. The molecule has 0 aliphatic rings. The Hall–Kier alpha value is -2.36. The lowest BCUT2D eigenvalue weighted by Gasteiger charge is -2.07. The van der Waals surface area contributed by atoms with Crippen LogP contribution < -0.4 is 5.32 Å². The van der Waals surface area contributed by atoms with Crippen LogP contribution in [-0.4, -0.2) is 10.1 Å². The molecule has 0 aliphatic carbocycles. The van der Waals surface area contributed by atoms with Gasteiger partial charge in [0.1, 0.15) is 11.5 Å². The molecule has 0 saturated carbocycles. The molecule has 18 heavy (non-hydrogen) atoms. The van der Waals surface area contributed by atoms with Crippen molar-refractivity contribution in [2.45, 2.75) is 13.5 Å². The van der Waals surface area contributed by atoms with Crippen LogP contribution in [0.15, 0.2) is 47.1 Å². The quantitative estimate of drug-likeness (QED) is 0.762. The first kappa shape index (κ1) is 10.8. The lowest BCUT2D eigenvalue weighted by Crippen LogP contribution is -2.00. The monoisotopic (exact) mass is 239 g/mol. The molecule has 1 aromatic carbocycles.